The summed E-state index contributed by atoms with van der Waals surface area (Å²) in [5.41, 5.74) is 2.18. The van der Waals surface area contributed by atoms with Crippen LogP contribution in [0.3, 0.4) is 0 Å². The minimum absolute atomic E-state index is 0.248. The fourth-order valence-corrected chi connectivity index (χ4v) is 3.62. The van der Waals surface area contributed by atoms with Crippen molar-refractivity contribution >= 4 is 40.6 Å². The third-order valence-corrected chi connectivity index (χ3v) is 5.20. The Balaban J connectivity index is 1.77. The van der Waals surface area contributed by atoms with E-state index >= 15 is 0 Å². The molecular formula is C21H20N2O5S. The third-order valence-electron chi connectivity index (χ3n) is 4.29. The quantitative estimate of drug-likeness (QED) is 0.729. The van der Waals surface area contributed by atoms with E-state index in [1.807, 2.05) is 13.0 Å². The number of nitrogens with one attached hydrogen (secondary N) is 1. The predicted molar refractivity (Wildman–Crippen MR) is 112 cm³/mol. The van der Waals surface area contributed by atoms with Crippen LogP contribution in [-0.2, 0) is 9.59 Å². The van der Waals surface area contributed by atoms with Crippen molar-refractivity contribution in [2.24, 2.45) is 0 Å². The second-order valence-electron chi connectivity index (χ2n) is 6.25. The van der Waals surface area contributed by atoms with Crippen molar-refractivity contribution < 1.29 is 23.9 Å². The van der Waals surface area contributed by atoms with Crippen LogP contribution in [0.15, 0.2) is 47.4 Å². The Labute approximate surface area is 172 Å². The van der Waals surface area contributed by atoms with Gasteiger partial charge in [0.15, 0.2) is 11.5 Å². The number of ether oxygens (including phenoxy) is 2. The Kier molecular flexibility index (Phi) is 6.23. The van der Waals surface area contributed by atoms with E-state index in [4.69, 9.17) is 9.47 Å². The molecule has 2 aromatic rings. The van der Waals surface area contributed by atoms with E-state index in [0.29, 0.717) is 17.2 Å². The van der Waals surface area contributed by atoms with Crippen LogP contribution >= 0.6 is 11.8 Å². The maximum absolute atomic E-state index is 12.7. The number of carbonyl (C=O) groups is 3. The number of aryl methyl sites for hydroxylation is 1. The summed E-state index contributed by atoms with van der Waals surface area (Å²) in [4.78, 5) is 38.4. The highest BCUT2D eigenvalue weighted by atomic mass is 32.2. The minimum Gasteiger partial charge on any atom is -0.493 e. The fraction of sp³-hybridized carbons (Fsp3) is 0.190. The number of methoxy groups -OCH3 is 2. The SMILES string of the molecule is COc1cc(C)c(/C=C2\SC(=O)N(CC(=O)Nc3ccccc3)C2=O)cc1OC. The van der Waals surface area contributed by atoms with Gasteiger partial charge < -0.3 is 14.8 Å². The normalized spacial score (nSPS) is 15.0. The van der Waals surface area contributed by atoms with E-state index in [1.54, 1.807) is 49.6 Å². The van der Waals surface area contributed by atoms with Crippen LogP contribution in [0.25, 0.3) is 6.08 Å². The van der Waals surface area contributed by atoms with Crippen molar-refractivity contribution in [3.63, 3.8) is 0 Å². The maximum atomic E-state index is 12.7. The summed E-state index contributed by atoms with van der Waals surface area (Å²) in [5, 5.41) is 2.18. The molecule has 0 atom stereocenters. The molecule has 1 saturated heterocycles. The number of nitrogens with zero attached hydrogens (tertiary/aromatic N) is 1. The third kappa shape index (κ3) is 4.60. The molecule has 1 heterocycles. The zero-order valence-electron chi connectivity index (χ0n) is 16.2. The number of benzene rings is 2. The van der Waals surface area contributed by atoms with Gasteiger partial charge in [-0.05, 0) is 60.2 Å². The largest absolute Gasteiger partial charge is 0.493 e. The molecule has 0 aromatic heterocycles. The van der Waals surface area contributed by atoms with Gasteiger partial charge >= 0.3 is 0 Å². The zero-order chi connectivity index (χ0) is 21.0. The highest BCUT2D eigenvalue weighted by Crippen LogP contribution is 2.35. The number of thioether (sulfide) groups is 1. The van der Waals surface area contributed by atoms with Crippen molar-refractivity contribution in [2.75, 3.05) is 26.1 Å². The summed E-state index contributed by atoms with van der Waals surface area (Å²) < 4.78 is 10.6. The van der Waals surface area contributed by atoms with E-state index in [0.717, 1.165) is 27.8 Å². The Hall–Kier alpha value is -3.26. The lowest BCUT2D eigenvalue weighted by Gasteiger charge is -2.12. The molecule has 150 valence electrons. The van der Waals surface area contributed by atoms with Gasteiger partial charge in [-0.3, -0.25) is 19.3 Å². The van der Waals surface area contributed by atoms with Crippen molar-refractivity contribution in [3.8, 4) is 11.5 Å². The molecule has 2 aromatic carbocycles. The number of rotatable bonds is 6. The van der Waals surface area contributed by atoms with Gasteiger partial charge in [0.05, 0.1) is 19.1 Å². The van der Waals surface area contributed by atoms with E-state index < -0.39 is 17.1 Å². The lowest BCUT2D eigenvalue weighted by molar-refractivity contribution is -0.127. The Bertz CT molecular complexity index is 988. The number of amides is 3. The summed E-state index contributed by atoms with van der Waals surface area (Å²) in [6.07, 6.45) is 1.62. The summed E-state index contributed by atoms with van der Waals surface area (Å²) in [6.45, 7) is 1.52. The first kappa shape index (κ1) is 20.5. The van der Waals surface area contributed by atoms with E-state index in [2.05, 4.69) is 5.32 Å². The van der Waals surface area contributed by atoms with Crippen LogP contribution < -0.4 is 14.8 Å². The molecule has 7 nitrogen and oxygen atoms in total. The first-order valence-electron chi connectivity index (χ1n) is 8.76. The molecule has 0 spiro atoms. The van der Waals surface area contributed by atoms with Crippen LogP contribution in [0.5, 0.6) is 11.5 Å². The number of anilines is 1. The first-order chi connectivity index (χ1) is 13.9. The van der Waals surface area contributed by atoms with E-state index in [9.17, 15) is 14.4 Å². The summed E-state index contributed by atoms with van der Waals surface area (Å²) in [6, 6.07) is 12.4. The van der Waals surface area contributed by atoms with Crippen LogP contribution in [0.4, 0.5) is 10.5 Å². The Morgan fingerprint density at radius 1 is 1.10 bits per heavy atom. The highest BCUT2D eigenvalue weighted by Gasteiger charge is 2.36. The Morgan fingerprint density at radius 3 is 2.41 bits per heavy atom. The molecule has 0 unspecified atom stereocenters. The van der Waals surface area contributed by atoms with Gasteiger partial charge in [0, 0.05) is 5.69 Å². The van der Waals surface area contributed by atoms with Crippen molar-refractivity contribution in [2.45, 2.75) is 6.92 Å². The van der Waals surface area contributed by atoms with Gasteiger partial charge in [-0.2, -0.15) is 0 Å². The number of carbonyl (C=O) groups excluding carboxylic acids is 3. The molecule has 3 amide bonds. The fourth-order valence-electron chi connectivity index (χ4n) is 2.79. The van der Waals surface area contributed by atoms with Crippen LogP contribution in [0, 0.1) is 6.92 Å². The molecule has 8 heteroatoms. The molecular weight excluding hydrogens is 392 g/mol. The van der Waals surface area contributed by atoms with Gasteiger partial charge in [0.25, 0.3) is 11.1 Å². The Morgan fingerprint density at radius 2 is 1.76 bits per heavy atom. The van der Waals surface area contributed by atoms with Crippen LogP contribution in [0.1, 0.15) is 11.1 Å². The van der Waals surface area contributed by atoms with Gasteiger partial charge in [0.2, 0.25) is 5.91 Å². The molecule has 0 radical (unpaired) electrons. The molecule has 3 rings (SSSR count). The second kappa shape index (κ2) is 8.83. The summed E-state index contributed by atoms with van der Waals surface area (Å²) >= 11 is 0.804. The summed E-state index contributed by atoms with van der Waals surface area (Å²) in [7, 11) is 3.07. The van der Waals surface area contributed by atoms with Gasteiger partial charge in [-0.25, -0.2) is 0 Å². The van der Waals surface area contributed by atoms with Crippen molar-refractivity contribution in [1.29, 1.82) is 0 Å². The smallest absolute Gasteiger partial charge is 0.294 e. The minimum atomic E-state index is -0.502. The predicted octanol–water partition coefficient (Wildman–Crippen LogP) is 3.69. The van der Waals surface area contributed by atoms with Crippen LogP contribution in [0.2, 0.25) is 0 Å². The molecule has 1 fully saturated rings. The average Bonchev–Trinajstić information content (AvgIpc) is 2.97. The van der Waals surface area contributed by atoms with Crippen LogP contribution in [-0.4, -0.2) is 42.7 Å². The van der Waals surface area contributed by atoms with Gasteiger partial charge in [0.1, 0.15) is 6.54 Å². The number of hydrogen-bond donors (Lipinski definition) is 1. The molecule has 0 aliphatic carbocycles. The van der Waals surface area contributed by atoms with Crippen molar-refractivity contribution in [3.05, 3.63) is 58.5 Å². The molecule has 29 heavy (non-hydrogen) atoms. The lowest BCUT2D eigenvalue weighted by Crippen LogP contribution is -2.36. The number of imide groups is 1. The monoisotopic (exact) mass is 412 g/mol. The average molecular weight is 412 g/mol. The van der Waals surface area contributed by atoms with E-state index in [-0.39, 0.29) is 11.4 Å². The van der Waals surface area contributed by atoms with Crippen molar-refractivity contribution in [1.82, 2.24) is 4.90 Å². The zero-order valence-corrected chi connectivity index (χ0v) is 17.0. The molecule has 0 bridgehead atoms. The summed E-state index contributed by atoms with van der Waals surface area (Å²) in [5.74, 6) is 0.151. The van der Waals surface area contributed by atoms with E-state index in [1.165, 1.54) is 7.11 Å². The molecule has 0 saturated carbocycles. The number of hydrogen-bond acceptors (Lipinski definition) is 6. The van der Waals surface area contributed by atoms with Gasteiger partial charge in [-0.1, -0.05) is 18.2 Å². The highest BCUT2D eigenvalue weighted by molar-refractivity contribution is 8.18. The number of para-hydroxylation sites is 1. The standard InChI is InChI=1S/C21H20N2O5S/c1-13-9-16(27-2)17(28-3)10-14(13)11-18-20(25)23(21(26)29-18)12-19(24)22-15-7-5-4-6-8-15/h4-11H,12H2,1-3H3,(H,22,24)/b18-11-. The first-order valence-corrected chi connectivity index (χ1v) is 9.57. The lowest BCUT2D eigenvalue weighted by atomic mass is 10.1. The maximum Gasteiger partial charge on any atom is 0.294 e. The molecule has 1 N–H and O–H groups in total. The topological polar surface area (TPSA) is 84.9 Å². The molecule has 1 aliphatic rings. The second-order valence-corrected chi connectivity index (χ2v) is 7.24. The molecule has 1 aliphatic heterocycles. The van der Waals surface area contributed by atoms with Gasteiger partial charge in [-0.15, -0.1) is 0 Å².